The standard InChI is InChI=1S/C36H39FN4O3Si/c1-6-20-40-35(29-11-7-9-26(2)24-29)39-33-32(36(40)42)41(25-43-22-23-45(3,4)5)34(38-33)28-14-18-31(19-15-28)44-21-8-10-27-12-16-30(37)17-13-27/h7,9,11-19,24H,6,20-23,25H2,1-5H3. The highest BCUT2D eigenvalue weighted by atomic mass is 28.3. The highest BCUT2D eigenvalue weighted by molar-refractivity contribution is 6.76. The van der Waals surface area contributed by atoms with E-state index in [2.05, 4.69) is 38.4 Å². The second-order valence-electron chi connectivity index (χ2n) is 12.3. The van der Waals surface area contributed by atoms with Crippen molar-refractivity contribution in [1.82, 2.24) is 19.1 Å². The summed E-state index contributed by atoms with van der Waals surface area (Å²) >= 11 is 0. The molecule has 2 heterocycles. The Kier molecular flexibility index (Phi) is 9.96. The fourth-order valence-corrected chi connectivity index (χ4v) is 5.68. The molecule has 232 valence electrons. The minimum Gasteiger partial charge on any atom is -0.481 e. The maximum Gasteiger partial charge on any atom is 0.280 e. The third-order valence-corrected chi connectivity index (χ3v) is 9.01. The van der Waals surface area contributed by atoms with Crippen LogP contribution in [0, 0.1) is 24.6 Å². The average Bonchev–Trinajstić information content (AvgIpc) is 3.38. The zero-order chi connectivity index (χ0) is 32.0. The third kappa shape index (κ3) is 7.96. The first kappa shape index (κ1) is 31.9. The van der Waals surface area contributed by atoms with Gasteiger partial charge in [0.1, 0.15) is 36.6 Å². The van der Waals surface area contributed by atoms with Crippen molar-refractivity contribution >= 4 is 19.2 Å². The predicted molar refractivity (Wildman–Crippen MR) is 181 cm³/mol. The van der Waals surface area contributed by atoms with Gasteiger partial charge >= 0.3 is 0 Å². The number of aryl methyl sites for hydroxylation is 1. The zero-order valence-corrected chi connectivity index (χ0v) is 27.6. The van der Waals surface area contributed by atoms with E-state index in [9.17, 15) is 9.18 Å². The van der Waals surface area contributed by atoms with Crippen LogP contribution in [-0.4, -0.2) is 40.4 Å². The van der Waals surface area contributed by atoms with Crippen LogP contribution >= 0.6 is 0 Å². The van der Waals surface area contributed by atoms with Crippen LogP contribution in [0.5, 0.6) is 5.75 Å². The van der Waals surface area contributed by atoms with Gasteiger partial charge in [0.2, 0.25) is 0 Å². The third-order valence-electron chi connectivity index (χ3n) is 7.31. The molecule has 0 aliphatic heterocycles. The van der Waals surface area contributed by atoms with E-state index < -0.39 is 8.07 Å². The fourth-order valence-electron chi connectivity index (χ4n) is 4.92. The molecule has 0 bridgehead atoms. The molecule has 3 aromatic carbocycles. The molecule has 45 heavy (non-hydrogen) atoms. The van der Waals surface area contributed by atoms with E-state index in [0.29, 0.717) is 41.7 Å². The van der Waals surface area contributed by atoms with Gasteiger partial charge in [-0.2, -0.15) is 0 Å². The molecule has 0 saturated carbocycles. The molecule has 0 saturated heterocycles. The Balaban J connectivity index is 1.49. The van der Waals surface area contributed by atoms with Crippen LogP contribution in [0.25, 0.3) is 33.9 Å². The molecule has 0 radical (unpaired) electrons. The van der Waals surface area contributed by atoms with E-state index in [0.717, 1.165) is 34.7 Å². The summed E-state index contributed by atoms with van der Waals surface area (Å²) in [5, 5.41) is 0. The Bertz CT molecular complexity index is 1900. The van der Waals surface area contributed by atoms with Gasteiger partial charge in [-0.15, -0.1) is 0 Å². The quantitative estimate of drug-likeness (QED) is 0.0866. The van der Waals surface area contributed by atoms with Gasteiger partial charge in [0.05, 0.1) is 0 Å². The van der Waals surface area contributed by atoms with Gasteiger partial charge in [0.15, 0.2) is 11.2 Å². The number of hydrogen-bond acceptors (Lipinski definition) is 5. The van der Waals surface area contributed by atoms with Crippen LogP contribution in [0.4, 0.5) is 4.39 Å². The molecular formula is C36H39FN4O3Si. The van der Waals surface area contributed by atoms with Gasteiger partial charge < -0.3 is 9.47 Å². The smallest absolute Gasteiger partial charge is 0.280 e. The normalized spacial score (nSPS) is 11.4. The van der Waals surface area contributed by atoms with Gasteiger partial charge in [0, 0.05) is 37.9 Å². The topological polar surface area (TPSA) is 71.2 Å². The zero-order valence-electron chi connectivity index (χ0n) is 26.6. The molecule has 0 aliphatic carbocycles. The van der Waals surface area contributed by atoms with Crippen LogP contribution in [0.2, 0.25) is 25.7 Å². The minimum atomic E-state index is -1.30. The van der Waals surface area contributed by atoms with E-state index >= 15 is 0 Å². The van der Waals surface area contributed by atoms with Crippen molar-refractivity contribution in [2.24, 2.45) is 0 Å². The van der Waals surface area contributed by atoms with Crippen molar-refractivity contribution in [3.05, 3.63) is 100 Å². The Morgan fingerprint density at radius 3 is 2.29 bits per heavy atom. The number of halogens is 1. The summed E-state index contributed by atoms with van der Waals surface area (Å²) in [5.74, 6) is 7.49. The molecule has 5 aromatic rings. The maximum absolute atomic E-state index is 14.1. The fraction of sp³-hybridized carbons (Fsp3) is 0.306. The van der Waals surface area contributed by atoms with E-state index in [1.807, 2.05) is 60.0 Å². The summed E-state index contributed by atoms with van der Waals surface area (Å²) in [4.78, 5) is 24.0. The summed E-state index contributed by atoms with van der Waals surface area (Å²) in [6.07, 6.45) is 0.787. The molecular weight excluding hydrogens is 584 g/mol. The molecule has 0 unspecified atom stereocenters. The van der Waals surface area contributed by atoms with Gasteiger partial charge in [-0.25, -0.2) is 14.4 Å². The number of nitrogens with zero attached hydrogens (tertiary/aromatic N) is 4. The first-order valence-corrected chi connectivity index (χ1v) is 19.0. The number of rotatable bonds is 11. The van der Waals surface area contributed by atoms with Crippen molar-refractivity contribution in [2.45, 2.75) is 59.2 Å². The van der Waals surface area contributed by atoms with E-state index in [1.165, 1.54) is 12.1 Å². The molecule has 2 aromatic heterocycles. The summed E-state index contributed by atoms with van der Waals surface area (Å²) in [6.45, 7) is 12.5. The average molecular weight is 623 g/mol. The summed E-state index contributed by atoms with van der Waals surface area (Å²) < 4.78 is 28.7. The molecule has 0 fully saturated rings. The van der Waals surface area contributed by atoms with Crippen LogP contribution in [0.15, 0.2) is 77.6 Å². The Labute approximate surface area is 264 Å². The number of imidazole rings is 1. The van der Waals surface area contributed by atoms with Gasteiger partial charge in [-0.1, -0.05) is 62.2 Å². The van der Waals surface area contributed by atoms with Crippen LogP contribution < -0.4 is 10.3 Å². The lowest BCUT2D eigenvalue weighted by Crippen LogP contribution is -2.26. The lowest BCUT2D eigenvalue weighted by molar-refractivity contribution is 0.0908. The van der Waals surface area contributed by atoms with Crippen LogP contribution in [-0.2, 0) is 18.0 Å². The van der Waals surface area contributed by atoms with Crippen molar-refractivity contribution in [3.8, 4) is 40.4 Å². The molecule has 5 rings (SSSR count). The van der Waals surface area contributed by atoms with Crippen molar-refractivity contribution in [1.29, 1.82) is 0 Å². The molecule has 7 nitrogen and oxygen atoms in total. The predicted octanol–water partition coefficient (Wildman–Crippen LogP) is 7.53. The number of fused-ring (bicyclic) bond motifs is 1. The van der Waals surface area contributed by atoms with Gasteiger partial charge in [-0.05, 0) is 74.0 Å². The Morgan fingerprint density at radius 2 is 1.62 bits per heavy atom. The highest BCUT2D eigenvalue weighted by Gasteiger charge is 2.22. The first-order chi connectivity index (χ1) is 21.6. The van der Waals surface area contributed by atoms with Crippen molar-refractivity contribution in [2.75, 3.05) is 13.2 Å². The van der Waals surface area contributed by atoms with Gasteiger partial charge in [0.25, 0.3) is 5.56 Å². The maximum atomic E-state index is 14.1. The summed E-state index contributed by atoms with van der Waals surface area (Å²) in [6, 6.07) is 22.6. The summed E-state index contributed by atoms with van der Waals surface area (Å²) in [5.41, 5.74) is 4.20. The lowest BCUT2D eigenvalue weighted by atomic mass is 10.1. The summed E-state index contributed by atoms with van der Waals surface area (Å²) in [7, 11) is -1.30. The number of aromatic nitrogens is 4. The molecule has 0 atom stereocenters. The molecule has 0 spiro atoms. The Hall–Kier alpha value is -4.52. The number of ether oxygens (including phenoxy) is 2. The minimum absolute atomic E-state index is 0.134. The molecule has 0 N–H and O–H groups in total. The molecule has 9 heteroatoms. The largest absolute Gasteiger partial charge is 0.481 e. The molecule has 0 amide bonds. The van der Waals surface area contributed by atoms with Gasteiger partial charge in [-0.3, -0.25) is 13.9 Å². The molecule has 0 aliphatic rings. The Morgan fingerprint density at radius 1 is 0.911 bits per heavy atom. The number of hydrogen-bond donors (Lipinski definition) is 0. The second kappa shape index (κ2) is 14.1. The van der Waals surface area contributed by atoms with E-state index in [4.69, 9.17) is 19.4 Å². The second-order valence-corrected chi connectivity index (χ2v) is 17.9. The van der Waals surface area contributed by atoms with Crippen molar-refractivity contribution in [3.63, 3.8) is 0 Å². The lowest BCUT2D eigenvalue weighted by Gasteiger charge is -2.17. The van der Waals surface area contributed by atoms with E-state index in [-0.39, 0.29) is 24.7 Å². The van der Waals surface area contributed by atoms with E-state index in [1.54, 1.807) is 16.7 Å². The van der Waals surface area contributed by atoms with Crippen LogP contribution in [0.1, 0.15) is 24.5 Å². The van der Waals surface area contributed by atoms with Crippen LogP contribution in [0.3, 0.4) is 0 Å². The first-order valence-electron chi connectivity index (χ1n) is 15.3. The highest BCUT2D eigenvalue weighted by Crippen LogP contribution is 2.27. The monoisotopic (exact) mass is 622 g/mol. The number of benzene rings is 3. The SMILES string of the molecule is CCCn1c(-c2cccc(C)c2)nc2nc(-c3ccc(OCC#Cc4ccc(F)cc4)cc3)n(COCC[Si](C)(C)C)c2c1=O. The van der Waals surface area contributed by atoms with Crippen molar-refractivity contribution < 1.29 is 13.9 Å².